The zero-order valence-corrected chi connectivity index (χ0v) is 7.88. The fraction of sp³-hybridized carbons (Fsp3) is 0.800. The van der Waals surface area contributed by atoms with E-state index >= 15 is 0 Å². The maximum atomic E-state index is 9.25. The van der Waals surface area contributed by atoms with Gasteiger partial charge in [-0.1, -0.05) is 32.1 Å². The highest BCUT2D eigenvalue weighted by Crippen LogP contribution is 1.99. The molecule has 2 unspecified atom stereocenters. The molecule has 12 heavy (non-hydrogen) atoms. The van der Waals surface area contributed by atoms with Gasteiger partial charge in [0.05, 0.1) is 6.10 Å². The summed E-state index contributed by atoms with van der Waals surface area (Å²) in [6.07, 6.45) is 2.03. The normalized spacial score (nSPS) is 14.7. The summed E-state index contributed by atoms with van der Waals surface area (Å²) in [5.74, 6) is 5.44. The molecule has 2 atom stereocenters. The van der Waals surface area contributed by atoms with Gasteiger partial charge in [0.2, 0.25) is 0 Å². The number of rotatable bonds is 4. The predicted octanol–water partition coefficient (Wildman–Crippen LogP) is 1.31. The SMILES string of the molecule is CCCC(O)CC#CC(O)CC. The Balaban J connectivity index is 3.55. The molecule has 0 aromatic rings. The van der Waals surface area contributed by atoms with Crippen LogP contribution in [-0.4, -0.2) is 22.4 Å². The van der Waals surface area contributed by atoms with Gasteiger partial charge in [-0.2, -0.15) is 0 Å². The van der Waals surface area contributed by atoms with Crippen LogP contribution in [0.2, 0.25) is 0 Å². The molecule has 0 spiro atoms. The summed E-state index contributed by atoms with van der Waals surface area (Å²) in [5.41, 5.74) is 0. The average Bonchev–Trinajstić information content (AvgIpc) is 2.04. The number of aliphatic hydroxyl groups excluding tert-OH is 2. The van der Waals surface area contributed by atoms with E-state index in [2.05, 4.69) is 11.8 Å². The molecular weight excluding hydrogens is 152 g/mol. The fourth-order valence-electron chi connectivity index (χ4n) is 0.832. The first kappa shape index (κ1) is 11.5. The molecule has 0 rings (SSSR count). The summed E-state index contributed by atoms with van der Waals surface area (Å²) in [4.78, 5) is 0. The largest absolute Gasteiger partial charge is 0.392 e. The van der Waals surface area contributed by atoms with Crippen LogP contribution in [0.5, 0.6) is 0 Å². The summed E-state index contributed by atoms with van der Waals surface area (Å²) < 4.78 is 0. The second-order valence-corrected chi connectivity index (χ2v) is 2.89. The lowest BCUT2D eigenvalue weighted by Gasteiger charge is -2.02. The summed E-state index contributed by atoms with van der Waals surface area (Å²) in [6.45, 7) is 3.90. The van der Waals surface area contributed by atoms with E-state index in [0.717, 1.165) is 12.8 Å². The van der Waals surface area contributed by atoms with E-state index in [9.17, 15) is 5.11 Å². The van der Waals surface area contributed by atoms with Gasteiger partial charge in [0.15, 0.2) is 0 Å². The quantitative estimate of drug-likeness (QED) is 0.624. The van der Waals surface area contributed by atoms with Crippen LogP contribution in [-0.2, 0) is 0 Å². The Morgan fingerprint density at radius 1 is 1.25 bits per heavy atom. The summed E-state index contributed by atoms with van der Waals surface area (Å²) >= 11 is 0. The van der Waals surface area contributed by atoms with Crippen LogP contribution in [0.1, 0.15) is 39.5 Å². The van der Waals surface area contributed by atoms with Crippen molar-refractivity contribution in [2.75, 3.05) is 0 Å². The molecule has 0 radical (unpaired) electrons. The summed E-state index contributed by atoms with van der Waals surface area (Å²) in [5, 5.41) is 18.3. The first-order valence-electron chi connectivity index (χ1n) is 4.55. The molecule has 0 saturated heterocycles. The predicted molar refractivity (Wildman–Crippen MR) is 49.6 cm³/mol. The van der Waals surface area contributed by atoms with Crippen molar-refractivity contribution in [2.24, 2.45) is 0 Å². The van der Waals surface area contributed by atoms with E-state index in [1.807, 2.05) is 13.8 Å². The molecular formula is C10H18O2. The zero-order valence-electron chi connectivity index (χ0n) is 7.88. The second-order valence-electron chi connectivity index (χ2n) is 2.89. The highest BCUT2D eigenvalue weighted by Gasteiger charge is 1.98. The molecule has 0 saturated carbocycles. The molecule has 0 aromatic carbocycles. The molecule has 2 N–H and O–H groups in total. The van der Waals surface area contributed by atoms with Crippen molar-refractivity contribution < 1.29 is 10.2 Å². The van der Waals surface area contributed by atoms with Gasteiger partial charge in [-0.3, -0.25) is 0 Å². The van der Waals surface area contributed by atoms with E-state index in [1.54, 1.807) is 0 Å². The van der Waals surface area contributed by atoms with Gasteiger partial charge in [-0.25, -0.2) is 0 Å². The van der Waals surface area contributed by atoms with E-state index in [1.165, 1.54) is 0 Å². The molecule has 0 bridgehead atoms. The van der Waals surface area contributed by atoms with Gasteiger partial charge in [-0.15, -0.1) is 0 Å². The van der Waals surface area contributed by atoms with Crippen molar-refractivity contribution in [1.29, 1.82) is 0 Å². The Hall–Kier alpha value is -0.520. The van der Waals surface area contributed by atoms with Crippen LogP contribution in [0.25, 0.3) is 0 Å². The Morgan fingerprint density at radius 3 is 2.42 bits per heavy atom. The van der Waals surface area contributed by atoms with E-state index < -0.39 is 6.10 Å². The third-order valence-corrected chi connectivity index (χ3v) is 1.61. The number of hydrogen-bond donors (Lipinski definition) is 2. The maximum absolute atomic E-state index is 9.25. The van der Waals surface area contributed by atoms with Crippen LogP contribution in [0.4, 0.5) is 0 Å². The highest BCUT2D eigenvalue weighted by molar-refractivity contribution is 5.04. The molecule has 0 heterocycles. The highest BCUT2D eigenvalue weighted by atomic mass is 16.3. The minimum Gasteiger partial charge on any atom is -0.392 e. The Bertz CT molecular complexity index is 155. The lowest BCUT2D eigenvalue weighted by Crippen LogP contribution is -2.05. The number of hydrogen-bond acceptors (Lipinski definition) is 2. The first-order chi connectivity index (χ1) is 5.70. The van der Waals surface area contributed by atoms with Gasteiger partial charge >= 0.3 is 0 Å². The molecule has 0 fully saturated rings. The lowest BCUT2D eigenvalue weighted by atomic mass is 10.1. The molecule has 2 nitrogen and oxygen atoms in total. The van der Waals surface area contributed by atoms with Crippen molar-refractivity contribution >= 4 is 0 Å². The van der Waals surface area contributed by atoms with Crippen molar-refractivity contribution in [3.05, 3.63) is 0 Å². The van der Waals surface area contributed by atoms with Crippen molar-refractivity contribution in [3.8, 4) is 11.8 Å². The molecule has 0 amide bonds. The van der Waals surface area contributed by atoms with E-state index in [0.29, 0.717) is 12.8 Å². The summed E-state index contributed by atoms with van der Waals surface area (Å²) in [7, 11) is 0. The van der Waals surface area contributed by atoms with Crippen LogP contribution in [0.3, 0.4) is 0 Å². The van der Waals surface area contributed by atoms with Crippen molar-refractivity contribution in [2.45, 2.75) is 51.7 Å². The van der Waals surface area contributed by atoms with Gasteiger partial charge < -0.3 is 10.2 Å². The van der Waals surface area contributed by atoms with Crippen LogP contribution in [0.15, 0.2) is 0 Å². The zero-order chi connectivity index (χ0) is 9.40. The summed E-state index contributed by atoms with van der Waals surface area (Å²) in [6, 6.07) is 0. The molecule has 0 aliphatic heterocycles. The minimum atomic E-state index is -0.529. The second kappa shape index (κ2) is 7.15. The van der Waals surface area contributed by atoms with Crippen molar-refractivity contribution in [3.63, 3.8) is 0 Å². The lowest BCUT2D eigenvalue weighted by molar-refractivity contribution is 0.169. The molecule has 70 valence electrons. The standard InChI is InChI=1S/C10H18O2/c1-3-6-10(12)8-5-7-9(11)4-2/h9-12H,3-4,6,8H2,1-2H3. The molecule has 0 aromatic heterocycles. The monoisotopic (exact) mass is 170 g/mol. The third kappa shape index (κ3) is 6.21. The Morgan fingerprint density at radius 2 is 1.92 bits per heavy atom. The Kier molecular flexibility index (Phi) is 6.84. The van der Waals surface area contributed by atoms with Gasteiger partial charge in [0.25, 0.3) is 0 Å². The Labute approximate surface area is 74.6 Å². The van der Waals surface area contributed by atoms with Crippen LogP contribution < -0.4 is 0 Å². The van der Waals surface area contributed by atoms with E-state index in [4.69, 9.17) is 5.11 Å². The van der Waals surface area contributed by atoms with Crippen LogP contribution >= 0.6 is 0 Å². The topological polar surface area (TPSA) is 40.5 Å². The first-order valence-corrected chi connectivity index (χ1v) is 4.55. The van der Waals surface area contributed by atoms with Crippen molar-refractivity contribution in [1.82, 2.24) is 0 Å². The third-order valence-electron chi connectivity index (χ3n) is 1.61. The fourth-order valence-corrected chi connectivity index (χ4v) is 0.832. The van der Waals surface area contributed by atoms with Gasteiger partial charge in [0.1, 0.15) is 6.10 Å². The van der Waals surface area contributed by atoms with Gasteiger partial charge in [-0.05, 0) is 12.8 Å². The number of aliphatic hydroxyl groups is 2. The van der Waals surface area contributed by atoms with Crippen LogP contribution in [0, 0.1) is 11.8 Å². The maximum Gasteiger partial charge on any atom is 0.114 e. The smallest absolute Gasteiger partial charge is 0.114 e. The van der Waals surface area contributed by atoms with Gasteiger partial charge in [0, 0.05) is 6.42 Å². The minimum absolute atomic E-state index is 0.327. The molecule has 0 aliphatic rings. The van der Waals surface area contributed by atoms with E-state index in [-0.39, 0.29) is 6.10 Å². The molecule has 2 heteroatoms. The molecule has 0 aliphatic carbocycles. The average molecular weight is 170 g/mol.